The van der Waals surface area contributed by atoms with Gasteiger partial charge in [-0.1, -0.05) is 60.7 Å². The third-order valence-corrected chi connectivity index (χ3v) is 3.41. The van der Waals surface area contributed by atoms with Gasteiger partial charge in [0, 0.05) is 0 Å². The third kappa shape index (κ3) is 3.45. The molecule has 0 aliphatic carbocycles. The highest BCUT2D eigenvalue weighted by molar-refractivity contribution is 5.78. The van der Waals surface area contributed by atoms with Gasteiger partial charge in [-0.3, -0.25) is 4.79 Å². The monoisotopic (exact) mass is 274 g/mol. The quantitative estimate of drug-likeness (QED) is 0.878. The maximum atomic E-state index is 11.8. The van der Waals surface area contributed by atoms with E-state index in [0.717, 1.165) is 12.0 Å². The van der Waals surface area contributed by atoms with Gasteiger partial charge in [-0.15, -0.1) is 0 Å². The summed E-state index contributed by atoms with van der Waals surface area (Å²) in [4.78, 5) is 11.8. The summed E-state index contributed by atoms with van der Waals surface area (Å²) in [6.07, 6.45) is 0.726. The number of carbonyl (C=O) groups excluding carboxylic acids is 1. The molecule has 0 aliphatic heterocycles. The zero-order chi connectivity index (χ0) is 14.4. The Kier molecular flexibility index (Phi) is 4.53. The normalized spacial score (nSPS) is 13.5. The molecule has 0 fully saturated rings. The first kappa shape index (κ1) is 14.3. The van der Waals surface area contributed by atoms with Gasteiger partial charge in [0.05, 0.1) is 12.1 Å². The van der Waals surface area contributed by atoms with Crippen molar-refractivity contribution in [2.45, 2.75) is 18.9 Å². The molecule has 2 aromatic rings. The van der Waals surface area contributed by atoms with Crippen LogP contribution in [0.15, 0.2) is 60.7 Å². The second-order valence-electron chi connectivity index (χ2n) is 5.11. The molecule has 1 unspecified atom stereocenters. The fraction of sp³-hybridized carbons (Fsp3) is 0.235. The first-order chi connectivity index (χ1) is 9.64. The highest BCUT2D eigenvalue weighted by atomic mass is 16.2. The van der Waals surface area contributed by atoms with E-state index in [-0.39, 0.29) is 12.5 Å². The zero-order valence-corrected chi connectivity index (χ0v) is 11.7. The molecule has 0 heterocycles. The lowest BCUT2D eigenvalue weighted by atomic mass is 9.98. The minimum atomic E-state index is -0.459. The summed E-state index contributed by atoms with van der Waals surface area (Å²) in [6, 6.07) is 20.1. The van der Waals surface area contributed by atoms with Crippen LogP contribution in [0.4, 0.5) is 0 Å². The van der Waals surface area contributed by atoms with E-state index in [2.05, 4.69) is 17.4 Å². The SMILES string of the molecule is CC(Cc1ccccc1)(NC(=O)CN)[13c]1[13cH][13cH][13cH][13cH][13cH]1. The van der Waals surface area contributed by atoms with Crippen molar-refractivity contribution < 1.29 is 4.79 Å². The summed E-state index contributed by atoms with van der Waals surface area (Å²) in [6.45, 7) is 2.03. The van der Waals surface area contributed by atoms with E-state index in [1.54, 1.807) is 0 Å². The molecule has 3 N–H and O–H groups in total. The van der Waals surface area contributed by atoms with Gasteiger partial charge in [-0.2, -0.15) is 0 Å². The molecule has 0 bridgehead atoms. The van der Waals surface area contributed by atoms with Gasteiger partial charge in [0.1, 0.15) is 0 Å². The molecule has 0 radical (unpaired) electrons. The molecule has 2 rings (SSSR count). The minimum absolute atomic E-state index is 0.00276. The van der Waals surface area contributed by atoms with Gasteiger partial charge >= 0.3 is 0 Å². The number of benzene rings is 2. The molecule has 0 saturated carbocycles. The van der Waals surface area contributed by atoms with Gasteiger partial charge in [-0.05, 0) is 24.5 Å². The Hall–Kier alpha value is -2.13. The van der Waals surface area contributed by atoms with Gasteiger partial charge in [-0.25, -0.2) is 0 Å². The number of hydrogen-bond acceptors (Lipinski definition) is 2. The van der Waals surface area contributed by atoms with E-state index in [1.807, 2.05) is 55.5 Å². The summed E-state index contributed by atoms with van der Waals surface area (Å²) < 4.78 is 0. The number of nitrogens with one attached hydrogen (secondary N) is 1. The smallest absolute Gasteiger partial charge is 0.234 e. The van der Waals surface area contributed by atoms with Crippen molar-refractivity contribution in [1.82, 2.24) is 5.32 Å². The molecule has 0 aromatic heterocycles. The first-order valence-electron chi connectivity index (χ1n) is 6.74. The summed E-state index contributed by atoms with van der Waals surface area (Å²) >= 11 is 0. The highest BCUT2D eigenvalue weighted by Gasteiger charge is 2.28. The number of carbonyl (C=O) groups is 1. The third-order valence-electron chi connectivity index (χ3n) is 3.41. The van der Waals surface area contributed by atoms with Gasteiger partial charge in [0.25, 0.3) is 0 Å². The van der Waals surface area contributed by atoms with Crippen LogP contribution in [0.2, 0.25) is 0 Å². The molecule has 1 atom stereocenters. The maximum absolute atomic E-state index is 11.8. The van der Waals surface area contributed by atoms with E-state index in [4.69, 9.17) is 5.73 Å². The second kappa shape index (κ2) is 6.35. The Bertz CT molecular complexity index is 554. The van der Waals surface area contributed by atoms with Crippen LogP contribution in [0.5, 0.6) is 0 Å². The molecular weight excluding hydrogens is 254 g/mol. The van der Waals surface area contributed by atoms with Crippen molar-refractivity contribution in [3.63, 3.8) is 0 Å². The van der Waals surface area contributed by atoms with Gasteiger partial charge in [0.2, 0.25) is 5.91 Å². The fourth-order valence-electron chi connectivity index (χ4n) is 2.39. The summed E-state index contributed by atoms with van der Waals surface area (Å²) in [7, 11) is 0. The Labute approximate surface area is 119 Å². The van der Waals surface area contributed by atoms with Crippen molar-refractivity contribution in [1.29, 1.82) is 0 Å². The Balaban J connectivity index is 2.31. The van der Waals surface area contributed by atoms with E-state index in [9.17, 15) is 4.79 Å². The van der Waals surface area contributed by atoms with Crippen LogP contribution in [0.1, 0.15) is 18.1 Å². The lowest BCUT2D eigenvalue weighted by molar-refractivity contribution is -0.121. The highest BCUT2D eigenvalue weighted by Crippen LogP contribution is 2.25. The van der Waals surface area contributed by atoms with Crippen LogP contribution in [0.25, 0.3) is 0 Å². The van der Waals surface area contributed by atoms with E-state index in [0.29, 0.717) is 0 Å². The van der Waals surface area contributed by atoms with Crippen LogP contribution >= 0.6 is 0 Å². The Morgan fingerprint density at radius 2 is 1.60 bits per heavy atom. The molecule has 20 heavy (non-hydrogen) atoms. The maximum Gasteiger partial charge on any atom is 0.234 e. The molecule has 0 saturated heterocycles. The summed E-state index contributed by atoms with van der Waals surface area (Å²) in [5.41, 5.74) is 7.23. The van der Waals surface area contributed by atoms with Crippen LogP contribution in [-0.2, 0) is 16.8 Å². The van der Waals surface area contributed by atoms with Crippen molar-refractivity contribution in [2.24, 2.45) is 5.73 Å². The second-order valence-corrected chi connectivity index (χ2v) is 5.11. The van der Waals surface area contributed by atoms with E-state index < -0.39 is 5.54 Å². The summed E-state index contributed by atoms with van der Waals surface area (Å²) in [5.74, 6) is -0.146. The molecule has 1 amide bonds. The molecular formula is C17H20N2O. The topological polar surface area (TPSA) is 55.1 Å². The van der Waals surface area contributed by atoms with E-state index >= 15 is 0 Å². The molecule has 3 heteroatoms. The number of hydrogen-bond donors (Lipinski definition) is 2. The van der Waals surface area contributed by atoms with Gasteiger partial charge in [0.15, 0.2) is 0 Å². The standard InChI is InChI=1S/C17H20N2O/c1-17(19-16(20)13-18,15-10-6-3-7-11-15)12-14-8-4-2-5-9-14/h2-11H,12-13,18H2,1H3,(H,19,20)/i3+1,6+1,7+1,10+1,11+1,15+1. The minimum Gasteiger partial charge on any atom is -0.345 e. The molecule has 0 aliphatic rings. The number of nitrogens with two attached hydrogens (primary N) is 1. The average Bonchev–Trinajstić information content (AvgIpc) is 2.49. The van der Waals surface area contributed by atoms with Crippen LogP contribution in [0.3, 0.4) is 0 Å². The average molecular weight is 274 g/mol. The van der Waals surface area contributed by atoms with Crippen molar-refractivity contribution in [3.8, 4) is 0 Å². The van der Waals surface area contributed by atoms with Crippen molar-refractivity contribution in [3.05, 3.63) is 71.8 Å². The Morgan fingerprint density at radius 3 is 2.15 bits per heavy atom. The van der Waals surface area contributed by atoms with E-state index in [1.165, 1.54) is 5.56 Å². The van der Waals surface area contributed by atoms with Crippen molar-refractivity contribution >= 4 is 5.91 Å². The van der Waals surface area contributed by atoms with Crippen molar-refractivity contribution in [2.75, 3.05) is 6.54 Å². The lowest BCUT2D eigenvalue weighted by Gasteiger charge is -2.31. The van der Waals surface area contributed by atoms with Gasteiger partial charge < -0.3 is 11.1 Å². The molecule has 2 aromatic carbocycles. The largest absolute Gasteiger partial charge is 0.345 e. The first-order valence-corrected chi connectivity index (χ1v) is 6.74. The predicted octanol–water partition coefficient (Wildman–Crippen LogP) is 2.22. The molecule has 0 spiro atoms. The lowest BCUT2D eigenvalue weighted by Crippen LogP contribution is -2.47. The molecule has 104 valence electrons. The van der Waals surface area contributed by atoms with Crippen LogP contribution in [0, 0.1) is 0 Å². The fourth-order valence-corrected chi connectivity index (χ4v) is 2.39. The number of amides is 1. The Morgan fingerprint density at radius 1 is 1.05 bits per heavy atom. The molecule has 3 nitrogen and oxygen atoms in total. The van der Waals surface area contributed by atoms with Crippen LogP contribution < -0.4 is 11.1 Å². The summed E-state index contributed by atoms with van der Waals surface area (Å²) in [5, 5.41) is 3.04. The number of rotatable bonds is 5. The predicted molar refractivity (Wildman–Crippen MR) is 81.1 cm³/mol. The zero-order valence-electron chi connectivity index (χ0n) is 11.7. The van der Waals surface area contributed by atoms with Crippen LogP contribution in [-0.4, -0.2) is 12.5 Å².